The predicted molar refractivity (Wildman–Crippen MR) is 124 cm³/mol. The van der Waals surface area contributed by atoms with Crippen molar-refractivity contribution < 1.29 is 18.7 Å². The molecule has 0 bridgehead atoms. The molecule has 0 aliphatic rings. The summed E-state index contributed by atoms with van der Waals surface area (Å²) in [5.74, 6) is 2.54. The van der Waals surface area contributed by atoms with Crippen LogP contribution < -0.4 is 14.8 Å². The summed E-state index contributed by atoms with van der Waals surface area (Å²) in [7, 11) is 1.59. The monoisotopic (exact) mass is 446 g/mol. The number of aromatic nitrogens is 1. The largest absolute Gasteiger partial charge is 0.493 e. The fraction of sp³-hybridized carbons (Fsp3) is 0.120. The van der Waals surface area contributed by atoms with E-state index in [2.05, 4.69) is 10.3 Å². The van der Waals surface area contributed by atoms with Gasteiger partial charge in [0.2, 0.25) is 0 Å². The molecule has 0 fully saturated rings. The summed E-state index contributed by atoms with van der Waals surface area (Å²) in [6.45, 7) is 0.191. The van der Waals surface area contributed by atoms with Gasteiger partial charge >= 0.3 is 0 Å². The van der Waals surface area contributed by atoms with Gasteiger partial charge in [0, 0.05) is 28.7 Å². The lowest BCUT2D eigenvalue weighted by molar-refractivity contribution is 0.0992. The van der Waals surface area contributed by atoms with E-state index >= 15 is 0 Å². The minimum Gasteiger partial charge on any atom is -0.493 e. The number of para-hydroxylation sites is 2. The van der Waals surface area contributed by atoms with Crippen LogP contribution in [0.2, 0.25) is 0 Å². The second kappa shape index (κ2) is 10.5. The fourth-order valence-corrected chi connectivity index (χ4v) is 3.77. The number of anilines is 1. The number of nitrogens with one attached hydrogen (secondary N) is 1. The first-order valence-electron chi connectivity index (χ1n) is 9.99. The molecule has 0 saturated carbocycles. The molecule has 2 aromatic carbocycles. The van der Waals surface area contributed by atoms with Gasteiger partial charge in [-0.25, -0.2) is 0 Å². The molecule has 32 heavy (non-hydrogen) atoms. The Labute approximate surface area is 190 Å². The molecular weight excluding hydrogens is 424 g/mol. The van der Waals surface area contributed by atoms with Crippen LogP contribution in [0.5, 0.6) is 11.5 Å². The van der Waals surface area contributed by atoms with Crippen molar-refractivity contribution in [2.75, 3.05) is 12.4 Å². The lowest BCUT2D eigenvalue weighted by Gasteiger charge is -2.08. The van der Waals surface area contributed by atoms with Crippen molar-refractivity contribution in [3.05, 3.63) is 102 Å². The standard InChI is InChI=1S/C25H22N2O4S/c1-29-22-6-2-3-7-23(22)30-16-20-10-13-24(31-20)25(28)27-19-8-11-21(12-9-19)32-17-18-5-4-14-26-15-18/h2-15H,16-17H2,1H3,(H,27,28). The van der Waals surface area contributed by atoms with E-state index in [1.54, 1.807) is 37.2 Å². The topological polar surface area (TPSA) is 73.6 Å². The Morgan fingerprint density at radius 2 is 1.81 bits per heavy atom. The summed E-state index contributed by atoms with van der Waals surface area (Å²) in [5.41, 5.74) is 1.86. The number of ether oxygens (including phenoxy) is 2. The van der Waals surface area contributed by atoms with Crippen LogP contribution in [-0.2, 0) is 12.4 Å². The quantitative estimate of drug-likeness (QED) is 0.327. The Morgan fingerprint density at radius 1 is 1.00 bits per heavy atom. The highest BCUT2D eigenvalue weighted by Crippen LogP contribution is 2.27. The van der Waals surface area contributed by atoms with Crippen LogP contribution in [0.3, 0.4) is 0 Å². The molecule has 6 nitrogen and oxygen atoms in total. The smallest absolute Gasteiger partial charge is 0.291 e. The number of pyridine rings is 1. The molecule has 0 saturated heterocycles. The number of nitrogens with zero attached hydrogens (tertiary/aromatic N) is 1. The van der Waals surface area contributed by atoms with Gasteiger partial charge in [-0.3, -0.25) is 9.78 Å². The van der Waals surface area contributed by atoms with Crippen molar-refractivity contribution in [3.8, 4) is 11.5 Å². The highest BCUT2D eigenvalue weighted by Gasteiger charge is 2.13. The molecule has 7 heteroatoms. The molecule has 0 spiro atoms. The molecular formula is C25H22N2O4S. The van der Waals surface area contributed by atoms with E-state index in [4.69, 9.17) is 13.9 Å². The van der Waals surface area contributed by atoms with Crippen molar-refractivity contribution in [3.63, 3.8) is 0 Å². The van der Waals surface area contributed by atoms with Gasteiger partial charge in [0.05, 0.1) is 7.11 Å². The average molecular weight is 447 g/mol. The number of methoxy groups -OCH3 is 1. The maximum atomic E-state index is 12.5. The highest BCUT2D eigenvalue weighted by molar-refractivity contribution is 7.98. The number of thioether (sulfide) groups is 1. The van der Waals surface area contributed by atoms with Crippen LogP contribution in [0.25, 0.3) is 0 Å². The minimum atomic E-state index is -0.315. The normalized spacial score (nSPS) is 10.5. The second-order valence-electron chi connectivity index (χ2n) is 6.83. The number of amides is 1. The van der Waals surface area contributed by atoms with Gasteiger partial charge in [-0.1, -0.05) is 18.2 Å². The summed E-state index contributed by atoms with van der Waals surface area (Å²) in [5, 5.41) is 2.85. The molecule has 0 aliphatic carbocycles. The van der Waals surface area contributed by atoms with Crippen LogP contribution in [0, 0.1) is 0 Å². The van der Waals surface area contributed by atoms with Crippen molar-refractivity contribution in [2.24, 2.45) is 0 Å². The van der Waals surface area contributed by atoms with E-state index < -0.39 is 0 Å². The lowest BCUT2D eigenvalue weighted by atomic mass is 10.3. The number of carbonyl (C=O) groups excluding carboxylic acids is 1. The molecule has 2 aromatic heterocycles. The van der Waals surface area contributed by atoms with Crippen LogP contribution >= 0.6 is 11.8 Å². The Hall–Kier alpha value is -3.71. The first-order valence-corrected chi connectivity index (χ1v) is 11.0. The number of benzene rings is 2. The van der Waals surface area contributed by atoms with Crippen molar-refractivity contribution >= 4 is 23.4 Å². The van der Waals surface area contributed by atoms with E-state index in [0.29, 0.717) is 22.9 Å². The van der Waals surface area contributed by atoms with Crippen molar-refractivity contribution in [2.45, 2.75) is 17.3 Å². The number of furan rings is 1. The van der Waals surface area contributed by atoms with Gasteiger partial charge in [-0.15, -0.1) is 11.8 Å². The fourth-order valence-electron chi connectivity index (χ4n) is 2.94. The van der Waals surface area contributed by atoms with E-state index in [9.17, 15) is 4.79 Å². The van der Waals surface area contributed by atoms with Gasteiger partial charge in [0.15, 0.2) is 17.3 Å². The molecule has 0 atom stereocenters. The lowest BCUT2D eigenvalue weighted by Crippen LogP contribution is -2.10. The van der Waals surface area contributed by atoms with E-state index in [-0.39, 0.29) is 18.3 Å². The molecule has 4 rings (SSSR count). The highest BCUT2D eigenvalue weighted by atomic mass is 32.2. The third-order valence-corrected chi connectivity index (χ3v) is 5.65. The summed E-state index contributed by atoms with van der Waals surface area (Å²) in [6, 6.07) is 22.4. The number of rotatable bonds is 9. The molecule has 0 aliphatic heterocycles. The molecule has 1 N–H and O–H groups in total. The van der Waals surface area contributed by atoms with Gasteiger partial charge in [0.25, 0.3) is 5.91 Å². The third kappa shape index (κ3) is 5.70. The van der Waals surface area contributed by atoms with Crippen molar-refractivity contribution in [1.82, 2.24) is 4.98 Å². The molecule has 4 aromatic rings. The van der Waals surface area contributed by atoms with Crippen LogP contribution in [0.15, 0.2) is 94.5 Å². The zero-order valence-corrected chi connectivity index (χ0v) is 18.3. The summed E-state index contributed by atoms with van der Waals surface area (Å²) >= 11 is 1.71. The van der Waals surface area contributed by atoms with Gasteiger partial charge in [0.1, 0.15) is 12.4 Å². The van der Waals surface area contributed by atoms with Gasteiger partial charge in [-0.05, 0) is 60.2 Å². The Balaban J connectivity index is 1.30. The van der Waals surface area contributed by atoms with E-state index in [1.807, 2.05) is 66.9 Å². The SMILES string of the molecule is COc1ccccc1OCc1ccc(C(=O)Nc2ccc(SCc3cccnc3)cc2)o1. The van der Waals surface area contributed by atoms with Gasteiger partial charge in [-0.2, -0.15) is 0 Å². The van der Waals surface area contributed by atoms with Crippen molar-refractivity contribution in [1.29, 1.82) is 0 Å². The van der Waals surface area contributed by atoms with Crippen LogP contribution in [0.1, 0.15) is 21.9 Å². The zero-order valence-electron chi connectivity index (χ0n) is 17.5. The maximum absolute atomic E-state index is 12.5. The predicted octanol–water partition coefficient (Wildman–Crippen LogP) is 5.81. The number of carbonyl (C=O) groups is 1. The first kappa shape index (κ1) is 21.5. The molecule has 0 radical (unpaired) electrons. The van der Waals surface area contributed by atoms with Crippen LogP contribution in [0.4, 0.5) is 5.69 Å². The summed E-state index contributed by atoms with van der Waals surface area (Å²) < 4.78 is 16.6. The average Bonchev–Trinajstić information content (AvgIpc) is 3.32. The Bertz CT molecular complexity index is 1160. The molecule has 0 unspecified atom stereocenters. The van der Waals surface area contributed by atoms with E-state index in [0.717, 1.165) is 16.2 Å². The number of hydrogen-bond donors (Lipinski definition) is 1. The maximum Gasteiger partial charge on any atom is 0.291 e. The van der Waals surface area contributed by atoms with Crippen LogP contribution in [-0.4, -0.2) is 18.0 Å². The molecule has 2 heterocycles. The zero-order chi connectivity index (χ0) is 22.2. The van der Waals surface area contributed by atoms with E-state index in [1.165, 1.54) is 0 Å². The molecule has 162 valence electrons. The first-order chi connectivity index (χ1) is 15.7. The summed E-state index contributed by atoms with van der Waals surface area (Å²) in [6.07, 6.45) is 3.63. The second-order valence-corrected chi connectivity index (χ2v) is 7.88. The summed E-state index contributed by atoms with van der Waals surface area (Å²) in [4.78, 5) is 17.8. The third-order valence-electron chi connectivity index (χ3n) is 4.56. The Kier molecular flexibility index (Phi) is 7.09. The minimum absolute atomic E-state index is 0.191. The van der Waals surface area contributed by atoms with Gasteiger partial charge < -0.3 is 19.2 Å². The Morgan fingerprint density at radius 3 is 2.56 bits per heavy atom. The number of hydrogen-bond acceptors (Lipinski definition) is 6. The molecule has 1 amide bonds.